The molecular weight excluding hydrogens is 334 g/mol. The Labute approximate surface area is 134 Å². The lowest BCUT2D eigenvalue weighted by Gasteiger charge is -2.32. The van der Waals surface area contributed by atoms with Crippen LogP contribution in [0.25, 0.3) is 0 Å². The average molecular weight is 356 g/mol. The second-order valence-corrected chi connectivity index (χ2v) is 6.13. The van der Waals surface area contributed by atoms with Crippen molar-refractivity contribution in [2.45, 2.75) is 6.42 Å². The molecule has 0 spiro atoms. The zero-order valence-electron chi connectivity index (χ0n) is 12.3. The SMILES string of the molecule is CN1CCN(C(=O)COc2ccc(CCN)cc2Br)CC1. The fourth-order valence-corrected chi connectivity index (χ4v) is 2.81. The lowest BCUT2D eigenvalue weighted by atomic mass is 10.1. The van der Waals surface area contributed by atoms with E-state index in [1.807, 2.05) is 23.1 Å². The first-order chi connectivity index (χ1) is 10.1. The molecule has 1 fully saturated rings. The fourth-order valence-electron chi connectivity index (χ4n) is 2.27. The first-order valence-corrected chi connectivity index (χ1v) is 7.97. The standard InChI is InChI=1S/C15H22BrN3O2/c1-18-6-8-19(9-7-18)15(20)11-21-14-3-2-12(4-5-17)10-13(14)16/h2-3,10H,4-9,11,17H2,1H3. The summed E-state index contributed by atoms with van der Waals surface area (Å²) in [5.74, 6) is 0.735. The van der Waals surface area contributed by atoms with Gasteiger partial charge in [0.05, 0.1) is 4.47 Å². The lowest BCUT2D eigenvalue weighted by Crippen LogP contribution is -2.48. The van der Waals surface area contributed by atoms with E-state index in [2.05, 4.69) is 27.9 Å². The van der Waals surface area contributed by atoms with E-state index >= 15 is 0 Å². The highest BCUT2D eigenvalue weighted by Crippen LogP contribution is 2.26. The fraction of sp³-hybridized carbons (Fsp3) is 0.533. The number of likely N-dealkylation sites (N-methyl/N-ethyl adjacent to an activating group) is 1. The van der Waals surface area contributed by atoms with E-state index < -0.39 is 0 Å². The molecule has 2 N–H and O–H groups in total. The predicted octanol–water partition coefficient (Wildman–Crippen LogP) is 1.10. The van der Waals surface area contributed by atoms with Crippen molar-refractivity contribution in [1.29, 1.82) is 0 Å². The van der Waals surface area contributed by atoms with E-state index in [1.54, 1.807) is 0 Å². The van der Waals surface area contributed by atoms with Gasteiger partial charge in [0, 0.05) is 26.2 Å². The van der Waals surface area contributed by atoms with Crippen molar-refractivity contribution in [3.05, 3.63) is 28.2 Å². The normalized spacial score (nSPS) is 16.0. The molecule has 0 atom stereocenters. The molecular formula is C15H22BrN3O2. The van der Waals surface area contributed by atoms with Gasteiger partial charge in [0.25, 0.3) is 5.91 Å². The largest absolute Gasteiger partial charge is 0.483 e. The van der Waals surface area contributed by atoms with Crippen molar-refractivity contribution in [2.75, 3.05) is 46.4 Å². The Balaban J connectivity index is 1.86. The maximum absolute atomic E-state index is 12.1. The minimum Gasteiger partial charge on any atom is -0.483 e. The highest BCUT2D eigenvalue weighted by atomic mass is 79.9. The Morgan fingerprint density at radius 2 is 2.05 bits per heavy atom. The van der Waals surface area contributed by atoms with Gasteiger partial charge in [0.1, 0.15) is 5.75 Å². The summed E-state index contributed by atoms with van der Waals surface area (Å²) in [6.07, 6.45) is 0.832. The average Bonchev–Trinajstić information content (AvgIpc) is 2.47. The molecule has 1 aromatic rings. The van der Waals surface area contributed by atoms with Crippen LogP contribution >= 0.6 is 15.9 Å². The predicted molar refractivity (Wildman–Crippen MR) is 86.5 cm³/mol. The molecule has 0 radical (unpaired) electrons. The highest BCUT2D eigenvalue weighted by Gasteiger charge is 2.19. The monoisotopic (exact) mass is 355 g/mol. The summed E-state index contributed by atoms with van der Waals surface area (Å²) < 4.78 is 6.49. The van der Waals surface area contributed by atoms with Crippen molar-refractivity contribution < 1.29 is 9.53 Å². The van der Waals surface area contributed by atoms with Crippen LogP contribution in [0.1, 0.15) is 5.56 Å². The summed E-state index contributed by atoms with van der Waals surface area (Å²) in [7, 11) is 2.07. The molecule has 0 saturated carbocycles. The summed E-state index contributed by atoms with van der Waals surface area (Å²) in [6.45, 7) is 4.09. The third-order valence-electron chi connectivity index (χ3n) is 3.64. The Kier molecular flexibility index (Phi) is 6.02. The van der Waals surface area contributed by atoms with E-state index in [0.29, 0.717) is 12.3 Å². The van der Waals surface area contributed by atoms with Crippen molar-refractivity contribution in [3.8, 4) is 5.75 Å². The number of nitrogens with zero attached hydrogens (tertiary/aromatic N) is 2. The Morgan fingerprint density at radius 3 is 2.67 bits per heavy atom. The van der Waals surface area contributed by atoms with Crippen LogP contribution in [0, 0.1) is 0 Å². The molecule has 116 valence electrons. The molecule has 0 aliphatic carbocycles. The van der Waals surface area contributed by atoms with Crippen LogP contribution in [0.5, 0.6) is 5.75 Å². The number of amides is 1. The number of halogens is 1. The van der Waals surface area contributed by atoms with E-state index in [-0.39, 0.29) is 12.5 Å². The molecule has 0 bridgehead atoms. The first kappa shape index (κ1) is 16.3. The van der Waals surface area contributed by atoms with Gasteiger partial charge in [-0.25, -0.2) is 0 Å². The van der Waals surface area contributed by atoms with Gasteiger partial charge in [0.15, 0.2) is 6.61 Å². The molecule has 1 aliphatic rings. The molecule has 6 heteroatoms. The second kappa shape index (κ2) is 7.77. The van der Waals surface area contributed by atoms with Gasteiger partial charge in [-0.15, -0.1) is 0 Å². The van der Waals surface area contributed by atoms with Crippen molar-refractivity contribution in [3.63, 3.8) is 0 Å². The van der Waals surface area contributed by atoms with Crippen LogP contribution in [-0.2, 0) is 11.2 Å². The van der Waals surface area contributed by atoms with E-state index in [1.165, 1.54) is 0 Å². The smallest absolute Gasteiger partial charge is 0.260 e. The van der Waals surface area contributed by atoms with Crippen molar-refractivity contribution in [1.82, 2.24) is 9.80 Å². The van der Waals surface area contributed by atoms with Gasteiger partial charge in [-0.3, -0.25) is 4.79 Å². The molecule has 1 amide bonds. The molecule has 1 aromatic carbocycles. The minimum absolute atomic E-state index is 0.0426. The van der Waals surface area contributed by atoms with Crippen LogP contribution in [0.15, 0.2) is 22.7 Å². The lowest BCUT2D eigenvalue weighted by molar-refractivity contribution is -0.134. The number of carbonyl (C=O) groups is 1. The van der Waals surface area contributed by atoms with Gasteiger partial charge in [-0.2, -0.15) is 0 Å². The minimum atomic E-state index is 0.0426. The number of rotatable bonds is 5. The van der Waals surface area contributed by atoms with Crippen LogP contribution in [0.2, 0.25) is 0 Å². The van der Waals surface area contributed by atoms with E-state index in [9.17, 15) is 4.79 Å². The van der Waals surface area contributed by atoms with Crippen molar-refractivity contribution in [2.24, 2.45) is 5.73 Å². The third-order valence-corrected chi connectivity index (χ3v) is 4.26. The molecule has 5 nitrogen and oxygen atoms in total. The van der Waals surface area contributed by atoms with Gasteiger partial charge >= 0.3 is 0 Å². The molecule has 1 aliphatic heterocycles. The maximum atomic E-state index is 12.1. The van der Waals surface area contributed by atoms with E-state index in [4.69, 9.17) is 10.5 Å². The number of nitrogens with two attached hydrogens (primary N) is 1. The van der Waals surface area contributed by atoms with Gasteiger partial charge in [-0.1, -0.05) is 6.07 Å². The van der Waals surface area contributed by atoms with Crippen LogP contribution in [0.3, 0.4) is 0 Å². The number of ether oxygens (including phenoxy) is 1. The van der Waals surface area contributed by atoms with Crippen molar-refractivity contribution >= 4 is 21.8 Å². The summed E-state index contributed by atoms with van der Waals surface area (Å²) >= 11 is 3.47. The van der Waals surface area contributed by atoms with Gasteiger partial charge in [-0.05, 0) is 53.6 Å². The van der Waals surface area contributed by atoms with Crippen LogP contribution in [0.4, 0.5) is 0 Å². The molecule has 21 heavy (non-hydrogen) atoms. The van der Waals surface area contributed by atoms with E-state index in [0.717, 1.165) is 42.6 Å². The topological polar surface area (TPSA) is 58.8 Å². The van der Waals surface area contributed by atoms with Gasteiger partial charge in [0.2, 0.25) is 0 Å². The number of hydrogen-bond donors (Lipinski definition) is 1. The number of benzene rings is 1. The Morgan fingerprint density at radius 1 is 1.33 bits per heavy atom. The number of carbonyl (C=O) groups excluding carboxylic acids is 1. The summed E-state index contributed by atoms with van der Waals surface area (Å²) in [4.78, 5) is 16.2. The number of hydrogen-bond acceptors (Lipinski definition) is 4. The number of piperazine rings is 1. The maximum Gasteiger partial charge on any atom is 0.260 e. The summed E-state index contributed by atoms with van der Waals surface area (Å²) in [5, 5.41) is 0. The Bertz CT molecular complexity index is 488. The third kappa shape index (κ3) is 4.69. The summed E-state index contributed by atoms with van der Waals surface area (Å²) in [6, 6.07) is 5.85. The molecule has 1 heterocycles. The highest BCUT2D eigenvalue weighted by molar-refractivity contribution is 9.10. The van der Waals surface area contributed by atoms with Crippen LogP contribution in [-0.4, -0.2) is 62.1 Å². The summed E-state index contributed by atoms with van der Waals surface area (Å²) in [5.41, 5.74) is 6.69. The first-order valence-electron chi connectivity index (χ1n) is 7.18. The van der Waals surface area contributed by atoms with Gasteiger partial charge < -0.3 is 20.3 Å². The molecule has 1 saturated heterocycles. The quantitative estimate of drug-likeness (QED) is 0.859. The zero-order valence-corrected chi connectivity index (χ0v) is 13.9. The zero-order chi connectivity index (χ0) is 15.2. The molecule has 2 rings (SSSR count). The molecule has 0 aromatic heterocycles. The van der Waals surface area contributed by atoms with Crippen LogP contribution < -0.4 is 10.5 Å². The molecule has 0 unspecified atom stereocenters. The second-order valence-electron chi connectivity index (χ2n) is 5.28. The Hall–Kier alpha value is -1.11.